The van der Waals surface area contributed by atoms with Gasteiger partial charge in [0.05, 0.1) is 18.6 Å². The number of hydrogen-bond acceptors (Lipinski definition) is 8. The molecular formula is C25H32F2N8O. The van der Waals surface area contributed by atoms with E-state index in [0.29, 0.717) is 31.9 Å². The van der Waals surface area contributed by atoms with E-state index in [1.54, 1.807) is 17.2 Å². The maximum atomic E-state index is 13.6. The Morgan fingerprint density at radius 2 is 1.92 bits per heavy atom. The molecule has 9 nitrogen and oxygen atoms in total. The van der Waals surface area contributed by atoms with Crippen LogP contribution in [0.15, 0.2) is 47.4 Å². The molecule has 2 atom stereocenters. The number of nitrogens with two attached hydrogens (primary N) is 1. The zero-order chi connectivity index (χ0) is 25.4. The van der Waals surface area contributed by atoms with Crippen LogP contribution in [0.3, 0.4) is 0 Å². The van der Waals surface area contributed by atoms with Crippen molar-refractivity contribution < 1.29 is 13.9 Å². The number of rotatable bonds is 6. The van der Waals surface area contributed by atoms with Crippen molar-refractivity contribution in [1.29, 1.82) is 0 Å². The number of nitrogens with one attached hydrogen (secondary N) is 1. The molecule has 11 heteroatoms. The molecule has 2 fully saturated rings. The average molecular weight is 499 g/mol. The number of likely N-dealkylation sites (tertiary alicyclic amines) is 1. The SMILES string of the molecule is Cc1c(C=CCN2CCN(c3cc(F)cc(F)c3)C[C@H]2C)cnn1C1(N)C=C(N2CC(O)C2)NC=N1. The van der Waals surface area contributed by atoms with E-state index in [0.717, 1.165) is 36.2 Å². The van der Waals surface area contributed by atoms with Gasteiger partial charge in [0.25, 0.3) is 0 Å². The molecule has 1 aromatic heterocycles. The second kappa shape index (κ2) is 9.64. The highest BCUT2D eigenvalue weighted by atomic mass is 19.1. The number of piperazine rings is 1. The maximum absolute atomic E-state index is 13.6. The third-order valence-corrected chi connectivity index (χ3v) is 7.04. The van der Waals surface area contributed by atoms with Crippen LogP contribution < -0.4 is 16.0 Å². The van der Waals surface area contributed by atoms with E-state index in [2.05, 4.69) is 33.3 Å². The summed E-state index contributed by atoms with van der Waals surface area (Å²) in [5.41, 5.74) is 9.01. The number of hydrogen-bond donors (Lipinski definition) is 3. The topological polar surface area (TPSA) is 98.2 Å². The molecule has 0 aliphatic carbocycles. The first-order chi connectivity index (χ1) is 17.2. The lowest BCUT2D eigenvalue weighted by Gasteiger charge is -2.41. The number of aliphatic hydroxyl groups is 1. The molecule has 36 heavy (non-hydrogen) atoms. The molecule has 0 amide bonds. The number of β-amino-alcohol motifs (C(OH)–C–C–N with tert-alkyl or cyclic N) is 1. The fourth-order valence-corrected chi connectivity index (χ4v) is 4.92. The minimum absolute atomic E-state index is 0.221. The van der Waals surface area contributed by atoms with Gasteiger partial charge in [-0.15, -0.1) is 0 Å². The summed E-state index contributed by atoms with van der Waals surface area (Å²) < 4.78 is 28.9. The quantitative estimate of drug-likeness (QED) is 0.554. The average Bonchev–Trinajstić information content (AvgIpc) is 3.18. The van der Waals surface area contributed by atoms with Crippen LogP contribution in [0.25, 0.3) is 6.08 Å². The summed E-state index contributed by atoms with van der Waals surface area (Å²) in [6, 6.07) is 3.88. The molecule has 1 aromatic carbocycles. The first kappa shape index (κ1) is 24.4. The van der Waals surface area contributed by atoms with Crippen molar-refractivity contribution in [3.63, 3.8) is 0 Å². The van der Waals surface area contributed by atoms with Crippen LogP contribution in [0, 0.1) is 18.6 Å². The van der Waals surface area contributed by atoms with Crippen molar-refractivity contribution >= 4 is 18.1 Å². The summed E-state index contributed by atoms with van der Waals surface area (Å²) in [6.45, 7) is 8.11. The summed E-state index contributed by atoms with van der Waals surface area (Å²) in [7, 11) is 0. The third kappa shape index (κ3) is 4.86. The highest BCUT2D eigenvalue weighted by molar-refractivity contribution is 5.60. The molecule has 1 unspecified atom stereocenters. The number of nitrogens with zero attached hydrogens (tertiary/aromatic N) is 6. The molecule has 4 N–H and O–H groups in total. The largest absolute Gasteiger partial charge is 0.389 e. The van der Waals surface area contributed by atoms with E-state index < -0.39 is 17.4 Å². The minimum atomic E-state index is -1.15. The van der Waals surface area contributed by atoms with Gasteiger partial charge < -0.3 is 20.2 Å². The van der Waals surface area contributed by atoms with Crippen molar-refractivity contribution in [1.82, 2.24) is 24.9 Å². The number of aliphatic hydroxyl groups excluding tert-OH is 1. The Bertz CT molecular complexity index is 1180. The normalized spacial score (nSPS) is 25.3. The summed E-state index contributed by atoms with van der Waals surface area (Å²) in [5, 5.41) is 17.2. The van der Waals surface area contributed by atoms with Gasteiger partial charge in [-0.3, -0.25) is 10.6 Å². The smallest absolute Gasteiger partial charge is 0.228 e. The van der Waals surface area contributed by atoms with E-state index in [9.17, 15) is 13.9 Å². The molecule has 3 aliphatic heterocycles. The molecule has 3 aliphatic rings. The lowest BCUT2D eigenvalue weighted by atomic mass is 10.1. The highest BCUT2D eigenvalue weighted by Crippen LogP contribution is 2.25. The standard InChI is InChI=1S/C25H32F2N8O/c1-17-13-33(22-9-20(26)8-21(27)10-22)7-6-32(17)5-3-4-19-12-31-35(18(19)2)25(28)11-24(29-16-30-25)34-14-23(36)15-34/h3-4,8-12,16-17,23,36H,5-7,13-15,28H2,1-2H3,(H,29,30)/t17-,25?/m1/s1. The van der Waals surface area contributed by atoms with Gasteiger partial charge in [-0.25, -0.2) is 18.5 Å². The monoisotopic (exact) mass is 498 g/mol. The molecule has 192 valence electrons. The van der Waals surface area contributed by atoms with Gasteiger partial charge in [-0.1, -0.05) is 12.2 Å². The fraction of sp³-hybridized carbons (Fsp3) is 0.440. The van der Waals surface area contributed by atoms with Crippen molar-refractivity contribution in [2.24, 2.45) is 10.7 Å². The number of benzene rings is 1. The molecule has 0 saturated carbocycles. The van der Waals surface area contributed by atoms with Crippen LogP contribution in [0.4, 0.5) is 14.5 Å². The highest BCUT2D eigenvalue weighted by Gasteiger charge is 2.34. The zero-order valence-electron chi connectivity index (χ0n) is 20.5. The van der Waals surface area contributed by atoms with Crippen LogP contribution >= 0.6 is 0 Å². The van der Waals surface area contributed by atoms with Gasteiger partial charge in [0.1, 0.15) is 17.5 Å². The van der Waals surface area contributed by atoms with E-state index >= 15 is 0 Å². The molecule has 0 bridgehead atoms. The Labute approximate surface area is 209 Å². The van der Waals surface area contributed by atoms with Crippen molar-refractivity contribution in [3.05, 3.63) is 65.3 Å². The van der Waals surface area contributed by atoms with Gasteiger partial charge in [-0.05, 0) is 26.0 Å². The zero-order valence-corrected chi connectivity index (χ0v) is 20.5. The van der Waals surface area contributed by atoms with E-state index in [1.807, 2.05) is 28.9 Å². The summed E-state index contributed by atoms with van der Waals surface area (Å²) >= 11 is 0. The van der Waals surface area contributed by atoms with Crippen molar-refractivity contribution in [2.45, 2.75) is 31.8 Å². The maximum Gasteiger partial charge on any atom is 0.228 e. The van der Waals surface area contributed by atoms with Crippen LogP contribution in [0.2, 0.25) is 0 Å². The number of aliphatic imine (C=N–C) groups is 1. The Morgan fingerprint density at radius 3 is 2.61 bits per heavy atom. The lowest BCUT2D eigenvalue weighted by Crippen LogP contribution is -2.55. The van der Waals surface area contributed by atoms with Gasteiger partial charge >= 0.3 is 0 Å². The lowest BCUT2D eigenvalue weighted by molar-refractivity contribution is 0.0204. The fourth-order valence-electron chi connectivity index (χ4n) is 4.92. The molecule has 2 aromatic rings. The van der Waals surface area contributed by atoms with E-state index in [1.165, 1.54) is 12.1 Å². The molecular weight excluding hydrogens is 466 g/mol. The van der Waals surface area contributed by atoms with Crippen LogP contribution in [-0.4, -0.2) is 82.4 Å². The van der Waals surface area contributed by atoms with Gasteiger partial charge in [0, 0.05) is 74.4 Å². The Hall–Kier alpha value is -3.28. The van der Waals surface area contributed by atoms with E-state index in [-0.39, 0.29) is 12.1 Å². The molecule has 0 radical (unpaired) electrons. The summed E-state index contributed by atoms with van der Waals surface area (Å²) in [4.78, 5) is 10.8. The van der Waals surface area contributed by atoms with Crippen molar-refractivity contribution in [2.75, 3.05) is 44.2 Å². The van der Waals surface area contributed by atoms with Gasteiger partial charge in [-0.2, -0.15) is 5.10 Å². The van der Waals surface area contributed by atoms with Crippen molar-refractivity contribution in [3.8, 4) is 0 Å². The second-order valence-corrected chi connectivity index (χ2v) is 9.69. The molecule has 5 rings (SSSR count). The second-order valence-electron chi connectivity index (χ2n) is 9.69. The number of anilines is 1. The van der Waals surface area contributed by atoms with Gasteiger partial charge in [0.2, 0.25) is 5.79 Å². The van der Waals surface area contributed by atoms with E-state index in [4.69, 9.17) is 5.73 Å². The van der Waals surface area contributed by atoms with Crippen LogP contribution in [-0.2, 0) is 5.79 Å². The van der Waals surface area contributed by atoms with Crippen LogP contribution in [0.1, 0.15) is 18.2 Å². The Balaban J connectivity index is 1.21. The molecule has 2 saturated heterocycles. The molecule has 4 heterocycles. The first-order valence-corrected chi connectivity index (χ1v) is 12.1. The third-order valence-electron chi connectivity index (χ3n) is 7.04. The first-order valence-electron chi connectivity index (χ1n) is 12.1. The summed E-state index contributed by atoms with van der Waals surface area (Å²) in [6.07, 6.45) is 8.97. The summed E-state index contributed by atoms with van der Waals surface area (Å²) in [5.74, 6) is -1.46. The Kier molecular flexibility index (Phi) is 6.54. The number of aromatic nitrogens is 2. The number of halogens is 2. The van der Waals surface area contributed by atoms with Gasteiger partial charge in [0.15, 0.2) is 0 Å². The molecule has 0 spiro atoms. The minimum Gasteiger partial charge on any atom is -0.389 e. The Morgan fingerprint density at radius 1 is 1.17 bits per heavy atom. The predicted octanol–water partition coefficient (Wildman–Crippen LogP) is 1.41. The van der Waals surface area contributed by atoms with Crippen LogP contribution in [0.5, 0.6) is 0 Å². The predicted molar refractivity (Wildman–Crippen MR) is 135 cm³/mol.